The fourth-order valence-electron chi connectivity index (χ4n) is 5.74. The van der Waals surface area contributed by atoms with E-state index in [1.807, 2.05) is 0 Å². The zero-order valence-corrected chi connectivity index (χ0v) is 23.4. The van der Waals surface area contributed by atoms with Gasteiger partial charge in [-0.25, -0.2) is 18.6 Å². The van der Waals surface area contributed by atoms with Crippen molar-refractivity contribution < 1.29 is 27.9 Å². The molecular weight excluding hydrogens is 564 g/mol. The van der Waals surface area contributed by atoms with Crippen molar-refractivity contribution in [3.05, 3.63) is 84.6 Å². The SMILES string of the molecule is C=CC(=O)N1C[C@H](NC(=O)C2Sc3nccc4c3C2NC(=O)N4c2cccc(-c3cccc(F)c3F)c2)C[C@H](OC)C1. The highest BCUT2D eigenvalue weighted by molar-refractivity contribution is 8.01. The molecular formula is C30H27F2N5O4S. The number of rotatable bonds is 6. The summed E-state index contributed by atoms with van der Waals surface area (Å²) in [5, 5.41) is 5.91. The Morgan fingerprint density at radius 3 is 2.79 bits per heavy atom. The van der Waals surface area contributed by atoms with Crippen LogP contribution in [0.4, 0.5) is 25.0 Å². The van der Waals surface area contributed by atoms with Gasteiger partial charge in [-0.15, -0.1) is 0 Å². The number of nitrogens with zero attached hydrogens (tertiary/aromatic N) is 3. The lowest BCUT2D eigenvalue weighted by atomic mass is 9.98. The van der Waals surface area contributed by atoms with Crippen molar-refractivity contribution in [3.8, 4) is 11.1 Å². The Kier molecular flexibility index (Phi) is 7.42. The number of pyridine rings is 1. The number of nitrogens with one attached hydrogen (secondary N) is 2. The molecule has 3 aliphatic heterocycles. The monoisotopic (exact) mass is 591 g/mol. The van der Waals surface area contributed by atoms with Crippen molar-refractivity contribution >= 4 is 41.0 Å². The maximum absolute atomic E-state index is 14.5. The lowest BCUT2D eigenvalue weighted by Gasteiger charge is -2.38. The number of anilines is 2. The molecule has 0 spiro atoms. The number of hydrogen-bond acceptors (Lipinski definition) is 6. The molecule has 4 heterocycles. The van der Waals surface area contributed by atoms with E-state index in [9.17, 15) is 23.2 Å². The third-order valence-corrected chi connectivity index (χ3v) is 9.00. The molecule has 42 heavy (non-hydrogen) atoms. The lowest BCUT2D eigenvalue weighted by Crippen LogP contribution is -2.56. The summed E-state index contributed by atoms with van der Waals surface area (Å²) >= 11 is 1.26. The molecule has 3 aliphatic rings. The average molecular weight is 592 g/mol. The van der Waals surface area contributed by atoms with Gasteiger partial charge in [0.1, 0.15) is 10.3 Å². The number of methoxy groups -OCH3 is 1. The molecule has 2 unspecified atom stereocenters. The number of benzene rings is 2. The number of thioether (sulfide) groups is 1. The number of amides is 4. The molecule has 1 saturated heterocycles. The van der Waals surface area contributed by atoms with Gasteiger partial charge in [0, 0.05) is 43.6 Å². The van der Waals surface area contributed by atoms with Gasteiger partial charge < -0.3 is 20.3 Å². The number of hydrogen-bond donors (Lipinski definition) is 2. The molecule has 0 bridgehead atoms. The Morgan fingerprint density at radius 2 is 2.00 bits per heavy atom. The molecule has 1 fully saturated rings. The third kappa shape index (κ3) is 4.90. The number of likely N-dealkylation sites (tertiary alicyclic amines) is 1. The van der Waals surface area contributed by atoms with E-state index >= 15 is 0 Å². The molecule has 0 aliphatic carbocycles. The summed E-state index contributed by atoms with van der Waals surface area (Å²) in [7, 11) is 1.57. The second kappa shape index (κ2) is 11.2. The van der Waals surface area contributed by atoms with Crippen molar-refractivity contribution in [2.75, 3.05) is 25.1 Å². The van der Waals surface area contributed by atoms with E-state index in [1.54, 1.807) is 48.5 Å². The van der Waals surface area contributed by atoms with Gasteiger partial charge in [0.25, 0.3) is 0 Å². The minimum absolute atomic E-state index is 0.0752. The third-order valence-electron chi connectivity index (χ3n) is 7.71. The average Bonchev–Trinajstić information content (AvgIpc) is 3.37. The van der Waals surface area contributed by atoms with Crippen LogP contribution in [-0.4, -0.2) is 65.3 Å². The van der Waals surface area contributed by atoms with Crippen LogP contribution in [0.15, 0.2) is 72.4 Å². The highest BCUT2D eigenvalue weighted by Crippen LogP contribution is 2.50. The summed E-state index contributed by atoms with van der Waals surface area (Å²) in [4.78, 5) is 46.9. The molecule has 2 aromatic carbocycles. The molecule has 0 saturated carbocycles. The molecule has 2 N–H and O–H groups in total. The molecule has 0 radical (unpaired) electrons. The fraction of sp³-hybridized carbons (Fsp3) is 0.267. The Hall–Kier alpha value is -4.29. The Balaban J connectivity index is 1.27. The minimum atomic E-state index is -0.973. The largest absolute Gasteiger partial charge is 0.380 e. The van der Waals surface area contributed by atoms with Gasteiger partial charge in [-0.1, -0.05) is 42.6 Å². The van der Waals surface area contributed by atoms with Gasteiger partial charge in [0.05, 0.1) is 23.5 Å². The zero-order valence-electron chi connectivity index (χ0n) is 22.6. The van der Waals surface area contributed by atoms with E-state index in [1.165, 1.54) is 34.9 Å². The van der Waals surface area contributed by atoms with Crippen LogP contribution in [0.2, 0.25) is 0 Å². The van der Waals surface area contributed by atoms with Crippen LogP contribution >= 0.6 is 11.8 Å². The van der Waals surface area contributed by atoms with Crippen LogP contribution in [-0.2, 0) is 14.3 Å². The second-order valence-electron chi connectivity index (χ2n) is 10.2. The van der Waals surface area contributed by atoms with Gasteiger partial charge in [0.15, 0.2) is 11.6 Å². The standard InChI is InChI=1S/C30H27F2N5O4S/c1-3-23(38)36-14-17(13-19(15-36)41-2)34-28(39)27-26-24-22(10-11-33-29(24)42-27)37(30(40)35-26)18-7-4-6-16(12-18)20-8-5-9-21(31)25(20)32/h3-12,17,19,26-27H,1,13-15H2,2H3,(H,34,39)(H,35,40)/t17-,19+,26?,27?/m1/s1. The topological polar surface area (TPSA) is 104 Å². The number of halogens is 2. The Morgan fingerprint density at radius 1 is 1.19 bits per heavy atom. The highest BCUT2D eigenvalue weighted by Gasteiger charge is 2.47. The smallest absolute Gasteiger partial charge is 0.327 e. The van der Waals surface area contributed by atoms with Crippen molar-refractivity contribution in [2.45, 2.75) is 34.9 Å². The molecule has 6 rings (SSSR count). The molecule has 9 nitrogen and oxygen atoms in total. The van der Waals surface area contributed by atoms with Crippen molar-refractivity contribution in [1.29, 1.82) is 0 Å². The number of carbonyl (C=O) groups is 3. The first kappa shape index (κ1) is 27.9. The van der Waals surface area contributed by atoms with Crippen LogP contribution in [0.3, 0.4) is 0 Å². The number of ether oxygens (including phenoxy) is 1. The summed E-state index contributed by atoms with van der Waals surface area (Å²) in [5.41, 5.74) is 2.17. The summed E-state index contributed by atoms with van der Waals surface area (Å²) in [6.07, 6.45) is 3.10. The van der Waals surface area contributed by atoms with E-state index < -0.39 is 29.0 Å². The molecule has 4 amide bonds. The summed E-state index contributed by atoms with van der Waals surface area (Å²) in [6, 6.07) is 10.8. The summed E-state index contributed by atoms with van der Waals surface area (Å²) < 4.78 is 34.0. The van der Waals surface area contributed by atoms with Crippen molar-refractivity contribution in [1.82, 2.24) is 20.5 Å². The van der Waals surface area contributed by atoms with E-state index in [0.717, 1.165) is 6.07 Å². The molecule has 1 aromatic heterocycles. The second-order valence-corrected chi connectivity index (χ2v) is 11.4. The molecule has 4 atom stereocenters. The van der Waals surface area contributed by atoms with Crippen molar-refractivity contribution in [3.63, 3.8) is 0 Å². The van der Waals surface area contributed by atoms with Crippen molar-refractivity contribution in [2.24, 2.45) is 0 Å². The first-order valence-electron chi connectivity index (χ1n) is 13.3. The van der Waals surface area contributed by atoms with Crippen LogP contribution in [0.1, 0.15) is 18.0 Å². The molecule has 216 valence electrons. The lowest BCUT2D eigenvalue weighted by molar-refractivity contribution is -0.132. The van der Waals surface area contributed by atoms with E-state index in [2.05, 4.69) is 22.2 Å². The summed E-state index contributed by atoms with van der Waals surface area (Å²) in [6.45, 7) is 4.28. The maximum atomic E-state index is 14.5. The predicted octanol–water partition coefficient (Wildman–Crippen LogP) is 4.32. The Labute approximate surface area is 244 Å². The quantitative estimate of drug-likeness (QED) is 0.414. The molecule has 3 aromatic rings. The number of urea groups is 1. The van der Waals surface area contributed by atoms with Gasteiger partial charge in [-0.05, 0) is 42.3 Å². The van der Waals surface area contributed by atoms with E-state index in [4.69, 9.17) is 4.74 Å². The number of aromatic nitrogens is 1. The van der Waals surface area contributed by atoms with Gasteiger partial charge >= 0.3 is 6.03 Å². The van der Waals surface area contributed by atoms with Gasteiger partial charge in [-0.3, -0.25) is 14.5 Å². The van der Waals surface area contributed by atoms with Gasteiger partial charge in [-0.2, -0.15) is 0 Å². The fourth-order valence-corrected chi connectivity index (χ4v) is 6.98. The Bertz CT molecular complexity index is 1600. The maximum Gasteiger partial charge on any atom is 0.327 e. The zero-order chi connectivity index (χ0) is 29.5. The minimum Gasteiger partial charge on any atom is -0.380 e. The normalized spacial score (nSPS) is 22.8. The predicted molar refractivity (Wildman–Crippen MR) is 153 cm³/mol. The molecule has 12 heteroatoms. The number of piperidine rings is 1. The van der Waals surface area contributed by atoms with E-state index in [0.29, 0.717) is 47.0 Å². The van der Waals surface area contributed by atoms with E-state index in [-0.39, 0.29) is 29.5 Å². The number of carbonyl (C=O) groups excluding carboxylic acids is 3. The van der Waals surface area contributed by atoms with Crippen LogP contribution in [0, 0.1) is 11.6 Å². The van der Waals surface area contributed by atoms with Crippen LogP contribution in [0.25, 0.3) is 11.1 Å². The van der Waals surface area contributed by atoms with Crippen LogP contribution < -0.4 is 15.5 Å². The first-order valence-corrected chi connectivity index (χ1v) is 14.2. The summed E-state index contributed by atoms with van der Waals surface area (Å²) in [5.74, 6) is -2.47. The van der Waals surface area contributed by atoms with Gasteiger partial charge in [0.2, 0.25) is 11.8 Å². The highest BCUT2D eigenvalue weighted by atomic mass is 32.2. The first-order chi connectivity index (χ1) is 20.3. The van der Waals surface area contributed by atoms with Crippen LogP contribution in [0.5, 0.6) is 0 Å².